The summed E-state index contributed by atoms with van der Waals surface area (Å²) in [7, 11) is 2.02. The van der Waals surface area contributed by atoms with E-state index in [1.807, 2.05) is 27.0 Å². The zero-order valence-electron chi connectivity index (χ0n) is 18.8. The summed E-state index contributed by atoms with van der Waals surface area (Å²) < 4.78 is 11.0. The van der Waals surface area contributed by atoms with Gasteiger partial charge in [0.1, 0.15) is 0 Å². The maximum absolute atomic E-state index is 13.0. The Morgan fingerprint density at radius 1 is 1.10 bits per heavy atom. The third kappa shape index (κ3) is 5.32. The summed E-state index contributed by atoms with van der Waals surface area (Å²) in [6.07, 6.45) is 6.25. The highest BCUT2D eigenvalue weighted by Crippen LogP contribution is 2.39. The zero-order chi connectivity index (χ0) is 21.1. The van der Waals surface area contributed by atoms with Crippen molar-refractivity contribution in [2.45, 2.75) is 65.0 Å². The van der Waals surface area contributed by atoms with Gasteiger partial charge in [-0.05, 0) is 69.9 Å². The van der Waals surface area contributed by atoms with E-state index in [-0.39, 0.29) is 17.4 Å². The lowest BCUT2D eigenvalue weighted by Gasteiger charge is -2.39. The second-order valence-corrected chi connectivity index (χ2v) is 9.89. The van der Waals surface area contributed by atoms with Crippen LogP contribution in [0.5, 0.6) is 0 Å². The van der Waals surface area contributed by atoms with E-state index in [2.05, 4.69) is 29.5 Å². The van der Waals surface area contributed by atoms with Crippen molar-refractivity contribution in [3.8, 4) is 0 Å². The molecule has 1 unspecified atom stereocenters. The standard InChI is InChI=1S/C22H39N3O4/c1-21(2,17-8-12-28-13-9-17)18-14-19(29-24-18)23-20(26)22(3,4)25(5)15-16-6-10-27-11-7-16/h14,16-18,24H,6-13,15H2,1-5H3,(H,23,26). The zero-order valence-corrected chi connectivity index (χ0v) is 18.8. The summed E-state index contributed by atoms with van der Waals surface area (Å²) in [4.78, 5) is 20.8. The predicted molar refractivity (Wildman–Crippen MR) is 112 cm³/mol. The lowest BCUT2D eigenvalue weighted by atomic mass is 9.70. The first-order chi connectivity index (χ1) is 13.7. The maximum atomic E-state index is 13.0. The van der Waals surface area contributed by atoms with Gasteiger partial charge in [0, 0.05) is 33.0 Å². The van der Waals surface area contributed by atoms with Crippen molar-refractivity contribution in [2.24, 2.45) is 17.3 Å². The summed E-state index contributed by atoms with van der Waals surface area (Å²) in [6, 6.07) is 0.0592. The van der Waals surface area contributed by atoms with Crippen LogP contribution in [-0.4, -0.2) is 62.4 Å². The molecule has 0 spiro atoms. The minimum atomic E-state index is -0.628. The molecule has 3 aliphatic heterocycles. The Balaban J connectivity index is 1.56. The van der Waals surface area contributed by atoms with Crippen molar-refractivity contribution >= 4 is 5.91 Å². The molecular weight excluding hydrogens is 370 g/mol. The first-order valence-corrected chi connectivity index (χ1v) is 11.0. The maximum Gasteiger partial charge on any atom is 0.246 e. The lowest BCUT2D eigenvalue weighted by Crippen LogP contribution is -2.54. The third-order valence-electron chi connectivity index (χ3n) is 7.31. The summed E-state index contributed by atoms with van der Waals surface area (Å²) in [5, 5.41) is 2.99. The fourth-order valence-corrected chi connectivity index (χ4v) is 4.46. The van der Waals surface area contributed by atoms with E-state index in [1.165, 1.54) is 0 Å². The van der Waals surface area contributed by atoms with Crippen LogP contribution in [0.25, 0.3) is 0 Å². The van der Waals surface area contributed by atoms with E-state index in [9.17, 15) is 4.79 Å². The summed E-state index contributed by atoms with van der Waals surface area (Å²) in [5.74, 6) is 1.59. The number of hydrogen-bond acceptors (Lipinski definition) is 6. The molecule has 3 rings (SSSR count). The molecule has 2 fully saturated rings. The minimum Gasteiger partial charge on any atom is -0.390 e. The summed E-state index contributed by atoms with van der Waals surface area (Å²) in [5.41, 5.74) is 2.51. The van der Waals surface area contributed by atoms with Gasteiger partial charge < -0.3 is 14.3 Å². The number of rotatable bonds is 7. The van der Waals surface area contributed by atoms with Crippen LogP contribution < -0.4 is 10.8 Å². The fraction of sp³-hybridized carbons (Fsp3) is 0.864. The molecule has 166 valence electrons. The van der Waals surface area contributed by atoms with Crippen LogP contribution in [0.1, 0.15) is 53.4 Å². The van der Waals surface area contributed by atoms with Gasteiger partial charge in [0.15, 0.2) is 0 Å². The van der Waals surface area contributed by atoms with Crippen molar-refractivity contribution in [1.29, 1.82) is 0 Å². The van der Waals surface area contributed by atoms with E-state index >= 15 is 0 Å². The number of hydroxylamine groups is 1. The molecule has 0 aromatic heterocycles. The Morgan fingerprint density at radius 2 is 1.69 bits per heavy atom. The van der Waals surface area contributed by atoms with Crippen LogP contribution >= 0.6 is 0 Å². The van der Waals surface area contributed by atoms with Crippen molar-refractivity contribution < 1.29 is 19.1 Å². The highest BCUT2D eigenvalue weighted by molar-refractivity contribution is 5.86. The molecule has 1 amide bonds. The van der Waals surface area contributed by atoms with Gasteiger partial charge >= 0.3 is 0 Å². The third-order valence-corrected chi connectivity index (χ3v) is 7.31. The SMILES string of the molecule is CN(CC1CCOCC1)C(C)(C)C(=O)NC1=CC(C(C)(C)C2CCOCC2)NO1. The number of hydrogen-bond donors (Lipinski definition) is 2. The lowest BCUT2D eigenvalue weighted by molar-refractivity contribution is -0.132. The van der Waals surface area contributed by atoms with E-state index in [1.54, 1.807) is 0 Å². The largest absolute Gasteiger partial charge is 0.390 e. The molecule has 0 saturated carbocycles. The molecule has 7 nitrogen and oxygen atoms in total. The molecule has 2 saturated heterocycles. The molecule has 3 aliphatic rings. The van der Waals surface area contributed by atoms with Crippen LogP contribution in [0, 0.1) is 17.3 Å². The van der Waals surface area contributed by atoms with Crippen LogP contribution in [0.4, 0.5) is 0 Å². The van der Waals surface area contributed by atoms with Gasteiger partial charge in [0.25, 0.3) is 0 Å². The Kier molecular flexibility index (Phi) is 7.25. The van der Waals surface area contributed by atoms with Gasteiger partial charge in [-0.2, -0.15) is 0 Å². The number of ether oxygens (including phenoxy) is 2. The van der Waals surface area contributed by atoms with Gasteiger partial charge in [-0.1, -0.05) is 13.8 Å². The number of carbonyl (C=O) groups is 1. The van der Waals surface area contributed by atoms with Gasteiger partial charge in [-0.25, -0.2) is 0 Å². The molecule has 0 aromatic carbocycles. The Hall–Kier alpha value is -1.15. The second-order valence-electron chi connectivity index (χ2n) is 9.89. The summed E-state index contributed by atoms with van der Waals surface area (Å²) >= 11 is 0. The van der Waals surface area contributed by atoms with Crippen LogP contribution in [0.2, 0.25) is 0 Å². The first-order valence-electron chi connectivity index (χ1n) is 11.0. The molecule has 2 N–H and O–H groups in total. The van der Waals surface area contributed by atoms with Crippen LogP contribution in [-0.2, 0) is 19.1 Å². The van der Waals surface area contributed by atoms with Gasteiger partial charge in [-0.3, -0.25) is 15.0 Å². The van der Waals surface area contributed by atoms with Crippen LogP contribution in [0.15, 0.2) is 12.0 Å². The fourth-order valence-electron chi connectivity index (χ4n) is 4.46. The normalized spacial score (nSPS) is 25.0. The van der Waals surface area contributed by atoms with E-state index in [4.69, 9.17) is 14.3 Å². The van der Waals surface area contributed by atoms with Crippen LogP contribution in [0.3, 0.4) is 0 Å². The number of nitrogens with zero attached hydrogens (tertiary/aromatic N) is 1. The van der Waals surface area contributed by atoms with Crippen molar-refractivity contribution in [3.63, 3.8) is 0 Å². The number of amides is 1. The summed E-state index contributed by atoms with van der Waals surface area (Å²) in [6.45, 7) is 12.6. The molecule has 1 atom stereocenters. The highest BCUT2D eigenvalue weighted by atomic mass is 16.7. The molecular formula is C22H39N3O4. The van der Waals surface area contributed by atoms with E-state index in [0.717, 1.165) is 58.7 Å². The van der Waals surface area contributed by atoms with Gasteiger partial charge in [-0.15, -0.1) is 5.48 Å². The minimum absolute atomic E-state index is 0.0195. The Bertz CT molecular complexity index is 593. The first kappa shape index (κ1) is 22.5. The highest BCUT2D eigenvalue weighted by Gasteiger charge is 2.41. The van der Waals surface area contributed by atoms with Gasteiger partial charge in [0.2, 0.25) is 11.8 Å². The van der Waals surface area contributed by atoms with Crippen molar-refractivity contribution in [1.82, 2.24) is 15.7 Å². The smallest absolute Gasteiger partial charge is 0.246 e. The Morgan fingerprint density at radius 3 is 2.31 bits per heavy atom. The monoisotopic (exact) mass is 409 g/mol. The molecule has 0 aromatic rings. The van der Waals surface area contributed by atoms with Gasteiger partial charge in [0.05, 0.1) is 11.6 Å². The molecule has 0 radical (unpaired) electrons. The van der Waals surface area contributed by atoms with Crippen molar-refractivity contribution in [2.75, 3.05) is 40.0 Å². The Labute approximate surface area is 175 Å². The molecule has 3 heterocycles. The number of nitrogens with one attached hydrogen (secondary N) is 2. The molecule has 0 bridgehead atoms. The molecule has 29 heavy (non-hydrogen) atoms. The number of carbonyl (C=O) groups excluding carboxylic acids is 1. The second kappa shape index (κ2) is 9.33. The quantitative estimate of drug-likeness (QED) is 0.673. The number of likely N-dealkylation sites (N-methyl/N-ethyl adjacent to an activating group) is 1. The topological polar surface area (TPSA) is 72.1 Å². The predicted octanol–water partition coefficient (Wildman–Crippen LogP) is 2.44. The average Bonchev–Trinajstić information content (AvgIpc) is 3.18. The molecule has 7 heteroatoms. The molecule has 0 aliphatic carbocycles. The van der Waals surface area contributed by atoms with E-state index in [0.29, 0.717) is 17.7 Å². The average molecular weight is 410 g/mol. The van der Waals surface area contributed by atoms with Crippen molar-refractivity contribution in [3.05, 3.63) is 12.0 Å². The van der Waals surface area contributed by atoms with E-state index < -0.39 is 5.54 Å².